The van der Waals surface area contributed by atoms with Crippen LogP contribution in [0.5, 0.6) is 0 Å². The van der Waals surface area contributed by atoms with Gasteiger partial charge >= 0.3 is 0 Å². The van der Waals surface area contributed by atoms with Crippen molar-refractivity contribution >= 4 is 22.9 Å². The molecule has 1 aromatic rings. The Kier molecular flexibility index (Phi) is 3.21. The van der Waals surface area contributed by atoms with E-state index in [0.29, 0.717) is 0 Å². The summed E-state index contributed by atoms with van der Waals surface area (Å²) >= 11 is 1.72. The number of carbonyl (C=O) groups excluding carboxylic acids is 2. The molecule has 0 radical (unpaired) electrons. The minimum absolute atomic E-state index is 0.185. The van der Waals surface area contributed by atoms with E-state index in [2.05, 4.69) is 23.7 Å². The van der Waals surface area contributed by atoms with Crippen molar-refractivity contribution in [2.75, 3.05) is 13.1 Å². The number of ketones is 2. The molecule has 3 rings (SSSR count). The van der Waals surface area contributed by atoms with Crippen LogP contribution in [0.25, 0.3) is 0 Å². The van der Waals surface area contributed by atoms with Gasteiger partial charge in [-0.05, 0) is 60.2 Å². The SMILES string of the molecule is Cc1csc(C2CNCCC3=CC(=O)C(=O)C=C32)c1. The molecule has 19 heavy (non-hydrogen) atoms. The highest BCUT2D eigenvalue weighted by Gasteiger charge is 2.29. The van der Waals surface area contributed by atoms with Crippen LogP contribution in [0.2, 0.25) is 0 Å². The molecule has 3 nitrogen and oxygen atoms in total. The number of fused-ring (bicyclic) bond motifs is 1. The predicted molar refractivity (Wildman–Crippen MR) is 75.5 cm³/mol. The minimum Gasteiger partial charge on any atom is -0.315 e. The zero-order valence-corrected chi connectivity index (χ0v) is 11.5. The van der Waals surface area contributed by atoms with Gasteiger partial charge in [0.05, 0.1) is 0 Å². The monoisotopic (exact) mass is 273 g/mol. The van der Waals surface area contributed by atoms with Gasteiger partial charge in [0.15, 0.2) is 0 Å². The number of nitrogens with one attached hydrogen (secondary N) is 1. The molecule has 0 bridgehead atoms. The lowest BCUT2D eigenvalue weighted by Gasteiger charge is -2.20. The van der Waals surface area contributed by atoms with Gasteiger partial charge in [-0.3, -0.25) is 9.59 Å². The van der Waals surface area contributed by atoms with Gasteiger partial charge < -0.3 is 5.32 Å². The maximum absolute atomic E-state index is 11.7. The maximum atomic E-state index is 11.7. The smallest absolute Gasteiger partial charge is 0.226 e. The van der Waals surface area contributed by atoms with Gasteiger partial charge in [0, 0.05) is 17.3 Å². The topological polar surface area (TPSA) is 46.2 Å². The number of hydrogen-bond acceptors (Lipinski definition) is 4. The Morgan fingerprint density at radius 1 is 1.26 bits per heavy atom. The highest BCUT2D eigenvalue weighted by Crippen LogP contribution is 2.36. The first-order valence-corrected chi connectivity index (χ1v) is 7.29. The third-order valence-electron chi connectivity index (χ3n) is 3.59. The van der Waals surface area contributed by atoms with Crippen LogP contribution in [0.4, 0.5) is 0 Å². The van der Waals surface area contributed by atoms with Gasteiger partial charge in [-0.25, -0.2) is 0 Å². The van der Waals surface area contributed by atoms with Crippen LogP contribution in [0.3, 0.4) is 0 Å². The van der Waals surface area contributed by atoms with Gasteiger partial charge in [-0.2, -0.15) is 0 Å². The summed E-state index contributed by atoms with van der Waals surface area (Å²) < 4.78 is 0. The van der Waals surface area contributed by atoms with E-state index in [1.807, 2.05) is 0 Å². The summed E-state index contributed by atoms with van der Waals surface area (Å²) in [6.45, 7) is 3.75. The highest BCUT2D eigenvalue weighted by molar-refractivity contribution is 7.10. The Hall–Kier alpha value is -1.52. The largest absolute Gasteiger partial charge is 0.315 e. The fourth-order valence-corrected chi connectivity index (χ4v) is 3.65. The normalized spacial score (nSPS) is 23.5. The Labute approximate surface area is 116 Å². The maximum Gasteiger partial charge on any atom is 0.226 e. The van der Waals surface area contributed by atoms with Crippen molar-refractivity contribution in [2.45, 2.75) is 19.3 Å². The Morgan fingerprint density at radius 2 is 2.05 bits per heavy atom. The van der Waals surface area contributed by atoms with E-state index in [4.69, 9.17) is 0 Å². The van der Waals surface area contributed by atoms with Crippen LogP contribution >= 0.6 is 11.3 Å². The molecule has 0 amide bonds. The summed E-state index contributed by atoms with van der Waals surface area (Å²) in [6.07, 6.45) is 3.88. The second kappa shape index (κ2) is 4.87. The molecule has 2 heterocycles. The molecule has 1 aliphatic heterocycles. The van der Waals surface area contributed by atoms with Crippen LogP contribution < -0.4 is 5.32 Å². The Morgan fingerprint density at radius 3 is 2.79 bits per heavy atom. The molecule has 1 aromatic heterocycles. The van der Waals surface area contributed by atoms with Crippen molar-refractivity contribution in [3.05, 3.63) is 45.2 Å². The summed E-state index contributed by atoms with van der Waals surface area (Å²) in [4.78, 5) is 24.4. The average molecular weight is 273 g/mol. The summed E-state index contributed by atoms with van der Waals surface area (Å²) in [5, 5.41) is 5.52. The average Bonchev–Trinajstić information content (AvgIpc) is 2.70. The molecule has 1 aliphatic carbocycles. The second-order valence-corrected chi connectivity index (χ2v) is 5.97. The van der Waals surface area contributed by atoms with Crippen molar-refractivity contribution in [2.24, 2.45) is 0 Å². The summed E-state index contributed by atoms with van der Waals surface area (Å²) in [7, 11) is 0. The van der Waals surface area contributed by atoms with Crippen molar-refractivity contribution in [1.82, 2.24) is 5.32 Å². The third-order valence-corrected chi connectivity index (χ3v) is 4.76. The number of aryl methyl sites for hydroxylation is 1. The molecule has 4 heteroatoms. The zero-order valence-electron chi connectivity index (χ0n) is 10.7. The van der Waals surface area contributed by atoms with E-state index in [0.717, 1.165) is 30.7 Å². The van der Waals surface area contributed by atoms with Crippen molar-refractivity contribution in [1.29, 1.82) is 0 Å². The quantitative estimate of drug-likeness (QED) is 0.630. The van der Waals surface area contributed by atoms with Crippen LogP contribution in [-0.2, 0) is 9.59 Å². The van der Waals surface area contributed by atoms with Crippen LogP contribution in [0.15, 0.2) is 34.7 Å². The second-order valence-electron chi connectivity index (χ2n) is 5.03. The van der Waals surface area contributed by atoms with Gasteiger partial charge in [0.2, 0.25) is 11.6 Å². The molecule has 1 fully saturated rings. The number of rotatable bonds is 1. The molecule has 0 spiro atoms. The number of carbonyl (C=O) groups is 2. The van der Waals surface area contributed by atoms with E-state index in [-0.39, 0.29) is 17.5 Å². The Bertz CT molecular complexity index is 609. The van der Waals surface area contributed by atoms with Gasteiger partial charge in [-0.1, -0.05) is 0 Å². The lowest BCUT2D eigenvalue weighted by Crippen LogP contribution is -2.21. The highest BCUT2D eigenvalue weighted by atomic mass is 32.1. The van der Waals surface area contributed by atoms with Crippen molar-refractivity contribution in [3.8, 4) is 0 Å². The third kappa shape index (κ3) is 2.33. The van der Waals surface area contributed by atoms with Gasteiger partial charge in [-0.15, -0.1) is 11.3 Å². The minimum atomic E-state index is -0.390. The summed E-state index contributed by atoms with van der Waals surface area (Å²) in [5.41, 5.74) is 3.29. The number of hydrogen-bond donors (Lipinski definition) is 1. The van der Waals surface area contributed by atoms with E-state index >= 15 is 0 Å². The molecule has 2 aliphatic rings. The van der Waals surface area contributed by atoms with Crippen LogP contribution in [0, 0.1) is 6.92 Å². The molecule has 0 saturated carbocycles. The predicted octanol–water partition coefficient (Wildman–Crippen LogP) is 2.14. The van der Waals surface area contributed by atoms with Crippen LogP contribution in [0.1, 0.15) is 22.8 Å². The number of allylic oxidation sites excluding steroid dienone is 2. The first-order valence-electron chi connectivity index (χ1n) is 6.42. The summed E-state index contributed by atoms with van der Waals surface area (Å²) in [6, 6.07) is 2.17. The van der Waals surface area contributed by atoms with E-state index < -0.39 is 0 Å². The lowest BCUT2D eigenvalue weighted by molar-refractivity contribution is -0.131. The first-order chi connectivity index (χ1) is 9.15. The van der Waals surface area contributed by atoms with Crippen molar-refractivity contribution < 1.29 is 9.59 Å². The van der Waals surface area contributed by atoms with Gasteiger partial charge in [0.1, 0.15) is 0 Å². The molecule has 1 atom stereocenters. The first kappa shape index (κ1) is 12.5. The molecular weight excluding hydrogens is 258 g/mol. The molecule has 1 saturated heterocycles. The molecule has 1 unspecified atom stereocenters. The molecule has 98 valence electrons. The van der Waals surface area contributed by atoms with E-state index in [1.165, 1.54) is 16.5 Å². The van der Waals surface area contributed by atoms with E-state index in [9.17, 15) is 9.59 Å². The standard InChI is InChI=1S/C15H15NO2S/c1-9-4-15(19-8-9)12-7-16-3-2-10-5-13(17)14(18)6-11(10)12/h4-6,8,12,16H,2-3,7H2,1H3. The van der Waals surface area contributed by atoms with Crippen molar-refractivity contribution in [3.63, 3.8) is 0 Å². The zero-order chi connectivity index (χ0) is 13.4. The molecule has 1 N–H and O–H groups in total. The fraction of sp³-hybridized carbons (Fsp3) is 0.333. The van der Waals surface area contributed by atoms with E-state index in [1.54, 1.807) is 17.4 Å². The molecular formula is C15H15NO2S. The Balaban J connectivity index is 2.04. The fourth-order valence-electron chi connectivity index (χ4n) is 2.63. The number of thiophene rings is 1. The lowest BCUT2D eigenvalue weighted by atomic mass is 9.85. The molecule has 0 aromatic carbocycles. The van der Waals surface area contributed by atoms with Gasteiger partial charge in [0.25, 0.3) is 0 Å². The summed E-state index contributed by atoms with van der Waals surface area (Å²) in [5.74, 6) is -0.592. The van der Waals surface area contributed by atoms with Crippen LogP contribution in [-0.4, -0.2) is 24.7 Å².